The molecule has 0 atom stereocenters. The van der Waals surface area contributed by atoms with Crippen molar-refractivity contribution in [2.45, 2.75) is 20.4 Å². The van der Waals surface area contributed by atoms with Crippen LogP contribution in [0.25, 0.3) is 0 Å². The van der Waals surface area contributed by atoms with Crippen molar-refractivity contribution >= 4 is 21.7 Å². The van der Waals surface area contributed by atoms with Gasteiger partial charge >= 0.3 is 0 Å². The van der Waals surface area contributed by atoms with E-state index in [1.807, 2.05) is 26.1 Å². The lowest BCUT2D eigenvalue weighted by Crippen LogP contribution is -2.27. The molecule has 0 saturated heterocycles. The number of halogens is 1. The third-order valence-corrected chi connectivity index (χ3v) is 3.28. The van der Waals surface area contributed by atoms with E-state index >= 15 is 0 Å². The monoisotopic (exact) mass is 319 g/mol. The molecule has 100 valence electrons. The summed E-state index contributed by atoms with van der Waals surface area (Å²) in [6.07, 6.45) is 1.81. The van der Waals surface area contributed by atoms with E-state index < -0.39 is 0 Å². The predicted molar refractivity (Wildman–Crippen MR) is 82.8 cm³/mol. The van der Waals surface area contributed by atoms with Crippen molar-refractivity contribution in [1.82, 2.24) is 9.97 Å². The number of aromatic nitrogens is 2. The molecule has 0 spiro atoms. The molecule has 0 N–H and O–H groups in total. The summed E-state index contributed by atoms with van der Waals surface area (Å²) in [5.74, 6) is 0.975. The lowest BCUT2D eigenvalue weighted by molar-refractivity contribution is 0.803. The van der Waals surface area contributed by atoms with Crippen LogP contribution < -0.4 is 4.90 Å². The minimum atomic E-state index is 0.853. The molecule has 0 bridgehead atoms. The van der Waals surface area contributed by atoms with Crippen molar-refractivity contribution in [2.75, 3.05) is 16.8 Å². The van der Waals surface area contributed by atoms with E-state index in [1.54, 1.807) is 0 Å². The number of rotatable bonds is 5. The molecule has 0 aliphatic carbocycles. The molecule has 1 aromatic heterocycles. The van der Waals surface area contributed by atoms with Crippen LogP contribution in [-0.4, -0.2) is 21.8 Å². The summed E-state index contributed by atoms with van der Waals surface area (Å²) in [5.41, 5.74) is 3.21. The second kappa shape index (κ2) is 6.66. The van der Waals surface area contributed by atoms with Crippen LogP contribution in [0.2, 0.25) is 0 Å². The number of anilines is 1. The summed E-state index contributed by atoms with van der Waals surface area (Å²) < 4.78 is 0. The summed E-state index contributed by atoms with van der Waals surface area (Å²) >= 11 is 3.51. The fourth-order valence-electron chi connectivity index (χ4n) is 1.99. The fraction of sp³-hybridized carbons (Fsp3) is 0.333. The standard InChI is InChI=1S/C15H18BrN3/c1-12-10-17-13(2)15(18-12)19(9-8-16)11-14-6-4-3-5-7-14/h3-7,10H,8-9,11H2,1-2H3. The average Bonchev–Trinajstić information content (AvgIpc) is 2.42. The van der Waals surface area contributed by atoms with Crippen LogP contribution in [0.3, 0.4) is 0 Å². The Hall–Kier alpha value is -1.42. The molecular weight excluding hydrogens is 302 g/mol. The van der Waals surface area contributed by atoms with Gasteiger partial charge in [0.1, 0.15) is 0 Å². The van der Waals surface area contributed by atoms with Gasteiger partial charge in [-0.3, -0.25) is 4.98 Å². The van der Waals surface area contributed by atoms with Gasteiger partial charge in [-0.15, -0.1) is 0 Å². The first-order valence-corrected chi connectivity index (χ1v) is 7.48. The van der Waals surface area contributed by atoms with E-state index in [-0.39, 0.29) is 0 Å². The zero-order valence-corrected chi connectivity index (χ0v) is 12.9. The molecule has 2 aromatic rings. The number of hydrogen-bond acceptors (Lipinski definition) is 3. The minimum Gasteiger partial charge on any atom is -0.350 e. The quantitative estimate of drug-likeness (QED) is 0.790. The Morgan fingerprint density at radius 1 is 1.16 bits per heavy atom. The van der Waals surface area contributed by atoms with E-state index in [1.165, 1.54) is 5.56 Å². The average molecular weight is 320 g/mol. The Kier molecular flexibility index (Phi) is 4.91. The fourth-order valence-corrected chi connectivity index (χ4v) is 2.42. The highest BCUT2D eigenvalue weighted by Gasteiger charge is 2.12. The molecule has 0 fully saturated rings. The lowest BCUT2D eigenvalue weighted by atomic mass is 10.2. The van der Waals surface area contributed by atoms with Crippen molar-refractivity contribution in [2.24, 2.45) is 0 Å². The minimum absolute atomic E-state index is 0.853. The van der Waals surface area contributed by atoms with Crippen molar-refractivity contribution in [3.05, 3.63) is 53.5 Å². The van der Waals surface area contributed by atoms with Crippen LogP contribution >= 0.6 is 15.9 Å². The number of nitrogens with zero attached hydrogens (tertiary/aromatic N) is 3. The first-order valence-electron chi connectivity index (χ1n) is 6.36. The summed E-state index contributed by atoms with van der Waals surface area (Å²) in [6.45, 7) is 5.75. The molecule has 2 rings (SSSR count). The molecule has 0 unspecified atom stereocenters. The lowest BCUT2D eigenvalue weighted by Gasteiger charge is -2.24. The molecule has 19 heavy (non-hydrogen) atoms. The summed E-state index contributed by atoms with van der Waals surface area (Å²) in [5, 5.41) is 0.912. The smallest absolute Gasteiger partial charge is 0.150 e. The highest BCUT2D eigenvalue weighted by atomic mass is 79.9. The summed E-state index contributed by atoms with van der Waals surface area (Å²) in [6, 6.07) is 10.4. The van der Waals surface area contributed by atoms with Gasteiger partial charge in [0.2, 0.25) is 0 Å². The van der Waals surface area contributed by atoms with E-state index in [9.17, 15) is 0 Å². The molecular formula is C15H18BrN3. The maximum absolute atomic E-state index is 4.63. The van der Waals surface area contributed by atoms with E-state index in [0.29, 0.717) is 0 Å². The van der Waals surface area contributed by atoms with Gasteiger partial charge in [0.05, 0.1) is 11.4 Å². The van der Waals surface area contributed by atoms with Crippen molar-refractivity contribution in [3.8, 4) is 0 Å². The number of aryl methyl sites for hydroxylation is 2. The molecule has 1 heterocycles. The number of benzene rings is 1. The molecule has 0 radical (unpaired) electrons. The van der Waals surface area contributed by atoms with E-state index in [4.69, 9.17) is 0 Å². The second-order valence-corrected chi connectivity index (χ2v) is 5.31. The van der Waals surface area contributed by atoms with Gasteiger partial charge in [-0.2, -0.15) is 0 Å². The normalized spacial score (nSPS) is 10.5. The van der Waals surface area contributed by atoms with Gasteiger partial charge in [0.25, 0.3) is 0 Å². The maximum Gasteiger partial charge on any atom is 0.150 e. The topological polar surface area (TPSA) is 29.0 Å². The van der Waals surface area contributed by atoms with Crippen LogP contribution in [0.4, 0.5) is 5.82 Å². The van der Waals surface area contributed by atoms with Gasteiger partial charge in [-0.1, -0.05) is 46.3 Å². The van der Waals surface area contributed by atoms with Crippen LogP contribution in [0.15, 0.2) is 36.5 Å². The SMILES string of the molecule is Cc1cnc(C)c(N(CCBr)Cc2ccccc2)n1. The zero-order chi connectivity index (χ0) is 13.7. The largest absolute Gasteiger partial charge is 0.350 e. The van der Waals surface area contributed by atoms with Crippen LogP contribution in [0.5, 0.6) is 0 Å². The van der Waals surface area contributed by atoms with E-state index in [0.717, 1.165) is 35.6 Å². The highest BCUT2D eigenvalue weighted by Crippen LogP contribution is 2.18. The molecule has 0 aliphatic heterocycles. The first-order chi connectivity index (χ1) is 9.20. The van der Waals surface area contributed by atoms with Crippen molar-refractivity contribution < 1.29 is 0 Å². The Morgan fingerprint density at radius 2 is 1.89 bits per heavy atom. The molecule has 0 saturated carbocycles. The third-order valence-electron chi connectivity index (χ3n) is 2.92. The van der Waals surface area contributed by atoms with Crippen molar-refractivity contribution in [1.29, 1.82) is 0 Å². The van der Waals surface area contributed by atoms with Gasteiger partial charge in [0, 0.05) is 24.6 Å². The highest BCUT2D eigenvalue weighted by molar-refractivity contribution is 9.09. The first kappa shape index (κ1) is 14.0. The van der Waals surface area contributed by atoms with Gasteiger partial charge in [0.15, 0.2) is 5.82 Å². The van der Waals surface area contributed by atoms with Crippen molar-refractivity contribution in [3.63, 3.8) is 0 Å². The molecule has 0 aliphatic rings. The van der Waals surface area contributed by atoms with Crippen LogP contribution in [-0.2, 0) is 6.54 Å². The molecule has 4 heteroatoms. The zero-order valence-electron chi connectivity index (χ0n) is 11.3. The third kappa shape index (κ3) is 3.77. The molecule has 0 amide bonds. The van der Waals surface area contributed by atoms with Gasteiger partial charge < -0.3 is 4.90 Å². The molecule has 3 nitrogen and oxygen atoms in total. The number of hydrogen-bond donors (Lipinski definition) is 0. The Balaban J connectivity index is 2.27. The van der Waals surface area contributed by atoms with Gasteiger partial charge in [-0.25, -0.2) is 4.98 Å². The summed E-state index contributed by atoms with van der Waals surface area (Å²) in [7, 11) is 0. The molecule has 1 aromatic carbocycles. The maximum atomic E-state index is 4.63. The Bertz CT molecular complexity index is 528. The predicted octanol–water partition coefficient (Wildman–Crippen LogP) is 3.49. The second-order valence-electron chi connectivity index (χ2n) is 4.52. The number of alkyl halides is 1. The van der Waals surface area contributed by atoms with E-state index in [2.05, 4.69) is 55.1 Å². The van der Waals surface area contributed by atoms with Crippen LogP contribution in [0, 0.1) is 13.8 Å². The summed E-state index contributed by atoms with van der Waals surface area (Å²) in [4.78, 5) is 11.3. The van der Waals surface area contributed by atoms with Gasteiger partial charge in [-0.05, 0) is 19.4 Å². The Labute approximate surface area is 122 Å². The Morgan fingerprint density at radius 3 is 2.58 bits per heavy atom. The van der Waals surface area contributed by atoms with Crippen LogP contribution in [0.1, 0.15) is 17.0 Å².